The molecule has 1 aliphatic carbocycles. The van der Waals surface area contributed by atoms with Crippen LogP contribution in [0.15, 0.2) is 18.2 Å². The molecule has 1 aromatic rings. The van der Waals surface area contributed by atoms with E-state index >= 15 is 0 Å². The lowest BCUT2D eigenvalue weighted by Gasteiger charge is -2.25. The summed E-state index contributed by atoms with van der Waals surface area (Å²) in [6, 6.07) is 6.07. The molecule has 94 valence electrons. The topological polar surface area (TPSA) is 52.5 Å². The van der Waals surface area contributed by atoms with E-state index in [2.05, 4.69) is 25.2 Å². The van der Waals surface area contributed by atoms with Gasteiger partial charge in [0.2, 0.25) is 0 Å². The quantitative estimate of drug-likeness (QED) is 0.748. The van der Waals surface area contributed by atoms with Gasteiger partial charge >= 0.3 is 0 Å². The van der Waals surface area contributed by atoms with E-state index in [1.54, 1.807) is 6.07 Å². The predicted molar refractivity (Wildman–Crippen MR) is 68.0 cm³/mol. The van der Waals surface area contributed by atoms with E-state index in [9.17, 15) is 10.2 Å². The lowest BCUT2D eigenvalue weighted by molar-refractivity contribution is 0.199. The fourth-order valence-electron chi connectivity index (χ4n) is 2.52. The summed E-state index contributed by atoms with van der Waals surface area (Å²) in [6.45, 7) is 4.36. The smallest absolute Gasteiger partial charge is 0.119 e. The van der Waals surface area contributed by atoms with Crippen LogP contribution >= 0.6 is 0 Å². The van der Waals surface area contributed by atoms with Crippen LogP contribution in [0, 0.1) is 5.92 Å². The van der Waals surface area contributed by atoms with Gasteiger partial charge in [-0.1, -0.05) is 26.0 Å². The summed E-state index contributed by atoms with van der Waals surface area (Å²) in [4.78, 5) is 0. The third-order valence-electron chi connectivity index (χ3n) is 3.66. The molecule has 17 heavy (non-hydrogen) atoms. The number of aromatic hydroxyl groups is 1. The molecule has 0 amide bonds. The minimum atomic E-state index is 0.119. The van der Waals surface area contributed by atoms with Crippen molar-refractivity contribution < 1.29 is 10.2 Å². The Morgan fingerprint density at radius 2 is 2.18 bits per heavy atom. The molecule has 1 unspecified atom stereocenters. The van der Waals surface area contributed by atoms with Gasteiger partial charge in [0.05, 0.1) is 6.61 Å². The van der Waals surface area contributed by atoms with E-state index < -0.39 is 0 Å². The van der Waals surface area contributed by atoms with Crippen LogP contribution in [-0.4, -0.2) is 22.9 Å². The van der Waals surface area contributed by atoms with Crippen LogP contribution in [0.1, 0.15) is 37.4 Å². The molecule has 0 fully saturated rings. The number of phenolic OH excluding ortho intramolecular Hbond substituents is 1. The van der Waals surface area contributed by atoms with Gasteiger partial charge in [-0.25, -0.2) is 0 Å². The molecule has 0 aliphatic heterocycles. The predicted octanol–water partition coefficient (Wildman–Crippen LogP) is 1.99. The first kappa shape index (κ1) is 12.4. The van der Waals surface area contributed by atoms with Crippen molar-refractivity contribution in [2.75, 3.05) is 6.61 Å². The SMILES string of the molecule is CC(C)[C@@H](CO)NC1CCc2c(O)cccc21. The highest BCUT2D eigenvalue weighted by molar-refractivity contribution is 5.44. The van der Waals surface area contributed by atoms with Crippen molar-refractivity contribution in [2.24, 2.45) is 5.92 Å². The Balaban J connectivity index is 2.14. The molecule has 3 N–H and O–H groups in total. The molecular weight excluding hydrogens is 214 g/mol. The molecule has 1 aromatic carbocycles. The van der Waals surface area contributed by atoms with Crippen LogP contribution in [0.5, 0.6) is 5.75 Å². The number of nitrogens with one attached hydrogen (secondary N) is 1. The molecule has 3 heteroatoms. The number of benzene rings is 1. The molecule has 0 spiro atoms. The molecule has 0 saturated heterocycles. The fourth-order valence-corrected chi connectivity index (χ4v) is 2.52. The van der Waals surface area contributed by atoms with Gasteiger partial charge in [-0.15, -0.1) is 0 Å². The molecule has 2 atom stereocenters. The van der Waals surface area contributed by atoms with Crippen molar-refractivity contribution >= 4 is 0 Å². The Hall–Kier alpha value is -1.06. The highest BCUT2D eigenvalue weighted by Crippen LogP contribution is 2.36. The van der Waals surface area contributed by atoms with Gasteiger partial charge in [0.1, 0.15) is 5.75 Å². The second-order valence-electron chi connectivity index (χ2n) is 5.14. The summed E-state index contributed by atoms with van der Waals surface area (Å²) in [7, 11) is 0. The second-order valence-corrected chi connectivity index (χ2v) is 5.14. The lowest BCUT2D eigenvalue weighted by atomic mass is 10.0. The number of hydrogen-bond acceptors (Lipinski definition) is 3. The summed E-state index contributed by atoms with van der Waals surface area (Å²) in [5.41, 5.74) is 2.24. The Morgan fingerprint density at radius 3 is 2.82 bits per heavy atom. The van der Waals surface area contributed by atoms with Crippen molar-refractivity contribution in [1.29, 1.82) is 0 Å². The van der Waals surface area contributed by atoms with Gasteiger partial charge in [-0.2, -0.15) is 0 Å². The third-order valence-corrected chi connectivity index (χ3v) is 3.66. The lowest BCUT2D eigenvalue weighted by Crippen LogP contribution is -2.38. The molecule has 0 bridgehead atoms. The van der Waals surface area contributed by atoms with E-state index in [-0.39, 0.29) is 18.7 Å². The van der Waals surface area contributed by atoms with Gasteiger partial charge in [0.25, 0.3) is 0 Å². The van der Waals surface area contributed by atoms with Gasteiger partial charge in [0, 0.05) is 12.1 Å². The maximum Gasteiger partial charge on any atom is 0.119 e. The number of fused-ring (bicyclic) bond motifs is 1. The molecule has 0 saturated carbocycles. The zero-order valence-electron chi connectivity index (χ0n) is 10.5. The summed E-state index contributed by atoms with van der Waals surface area (Å²) in [5, 5.41) is 22.6. The van der Waals surface area contributed by atoms with Crippen LogP contribution in [0.4, 0.5) is 0 Å². The molecular formula is C14H21NO2. The average molecular weight is 235 g/mol. The average Bonchev–Trinajstić information content (AvgIpc) is 2.70. The van der Waals surface area contributed by atoms with Crippen molar-refractivity contribution in [3.63, 3.8) is 0 Å². The minimum Gasteiger partial charge on any atom is -0.508 e. The molecule has 1 aliphatic rings. The molecule has 3 nitrogen and oxygen atoms in total. The van der Waals surface area contributed by atoms with Crippen LogP contribution in [-0.2, 0) is 6.42 Å². The summed E-state index contributed by atoms with van der Waals surface area (Å²) >= 11 is 0. The van der Waals surface area contributed by atoms with E-state index in [0.29, 0.717) is 11.7 Å². The minimum absolute atomic E-state index is 0.119. The Kier molecular flexibility index (Phi) is 3.69. The number of hydrogen-bond donors (Lipinski definition) is 3. The Morgan fingerprint density at radius 1 is 1.41 bits per heavy atom. The summed E-state index contributed by atoms with van der Waals surface area (Å²) in [5.74, 6) is 0.804. The van der Waals surface area contributed by atoms with Gasteiger partial charge in [0.15, 0.2) is 0 Å². The van der Waals surface area contributed by atoms with Crippen molar-refractivity contribution in [1.82, 2.24) is 5.32 Å². The zero-order chi connectivity index (χ0) is 12.4. The third kappa shape index (κ3) is 2.45. The first-order chi connectivity index (χ1) is 8.13. The van der Waals surface area contributed by atoms with Crippen LogP contribution < -0.4 is 5.32 Å². The highest BCUT2D eigenvalue weighted by Gasteiger charge is 2.27. The van der Waals surface area contributed by atoms with Crippen molar-refractivity contribution in [2.45, 2.75) is 38.8 Å². The maximum atomic E-state index is 9.77. The number of aliphatic hydroxyl groups excluding tert-OH is 1. The standard InChI is InChI=1S/C14H21NO2/c1-9(2)13(8-16)15-12-7-6-11-10(12)4-3-5-14(11)17/h3-5,9,12-13,15-17H,6-8H2,1-2H3/t12?,13-/m1/s1. The summed E-state index contributed by atoms with van der Waals surface area (Å²) in [6.07, 6.45) is 1.91. The molecule has 0 aromatic heterocycles. The monoisotopic (exact) mass is 235 g/mol. The van der Waals surface area contributed by atoms with Crippen LogP contribution in [0.25, 0.3) is 0 Å². The van der Waals surface area contributed by atoms with Gasteiger partial charge < -0.3 is 15.5 Å². The normalized spacial score (nSPS) is 20.6. The van der Waals surface area contributed by atoms with Gasteiger partial charge in [-0.3, -0.25) is 0 Å². The summed E-state index contributed by atoms with van der Waals surface area (Å²) < 4.78 is 0. The van der Waals surface area contributed by atoms with E-state index in [1.165, 1.54) is 5.56 Å². The van der Waals surface area contributed by atoms with Crippen LogP contribution in [0.2, 0.25) is 0 Å². The molecule has 2 rings (SSSR count). The first-order valence-corrected chi connectivity index (χ1v) is 6.31. The molecule has 0 radical (unpaired) electrons. The van der Waals surface area contributed by atoms with E-state index in [4.69, 9.17) is 0 Å². The second kappa shape index (κ2) is 5.07. The fraction of sp³-hybridized carbons (Fsp3) is 0.571. The number of rotatable bonds is 4. The van der Waals surface area contributed by atoms with E-state index in [0.717, 1.165) is 18.4 Å². The Labute approximate surface area is 102 Å². The largest absolute Gasteiger partial charge is 0.508 e. The first-order valence-electron chi connectivity index (χ1n) is 6.31. The number of aliphatic hydroxyl groups is 1. The van der Waals surface area contributed by atoms with Crippen molar-refractivity contribution in [3.05, 3.63) is 29.3 Å². The zero-order valence-corrected chi connectivity index (χ0v) is 10.5. The number of phenols is 1. The highest BCUT2D eigenvalue weighted by atomic mass is 16.3. The maximum absolute atomic E-state index is 9.77. The van der Waals surface area contributed by atoms with Crippen LogP contribution in [0.3, 0.4) is 0 Å². The molecule has 0 heterocycles. The Bertz CT molecular complexity index is 390. The van der Waals surface area contributed by atoms with Crippen molar-refractivity contribution in [3.8, 4) is 5.75 Å². The van der Waals surface area contributed by atoms with E-state index in [1.807, 2.05) is 6.07 Å². The van der Waals surface area contributed by atoms with Gasteiger partial charge in [-0.05, 0) is 36.0 Å².